The summed E-state index contributed by atoms with van der Waals surface area (Å²) in [5.74, 6) is 0. The van der Waals surface area contributed by atoms with Crippen LogP contribution in [0.4, 0.5) is 11.4 Å². The van der Waals surface area contributed by atoms with Gasteiger partial charge in [0.05, 0.1) is 0 Å². The summed E-state index contributed by atoms with van der Waals surface area (Å²) in [5, 5.41) is 3.52. The second-order valence-corrected chi connectivity index (χ2v) is 6.17. The molecular weight excluding hydrogens is 208 g/mol. The Morgan fingerprint density at radius 1 is 1.29 bits per heavy atom. The van der Waals surface area contributed by atoms with Gasteiger partial charge in [0, 0.05) is 31.0 Å². The monoisotopic (exact) mass is 230 g/mol. The van der Waals surface area contributed by atoms with Crippen LogP contribution in [0, 0.1) is 5.41 Å². The van der Waals surface area contributed by atoms with Crippen LogP contribution >= 0.6 is 0 Å². The van der Waals surface area contributed by atoms with E-state index in [9.17, 15) is 0 Å². The van der Waals surface area contributed by atoms with E-state index in [1.54, 1.807) is 0 Å². The van der Waals surface area contributed by atoms with E-state index in [1.165, 1.54) is 49.3 Å². The van der Waals surface area contributed by atoms with E-state index in [-0.39, 0.29) is 0 Å². The fraction of sp³-hybridized carbons (Fsp3) is 0.600. The van der Waals surface area contributed by atoms with Crippen LogP contribution in [-0.2, 0) is 6.42 Å². The van der Waals surface area contributed by atoms with Crippen molar-refractivity contribution in [2.24, 2.45) is 5.41 Å². The lowest BCUT2D eigenvalue weighted by molar-refractivity contribution is 0.418. The predicted octanol–water partition coefficient (Wildman–Crippen LogP) is 3.28. The van der Waals surface area contributed by atoms with Gasteiger partial charge < -0.3 is 10.2 Å². The molecule has 3 rings (SSSR count). The van der Waals surface area contributed by atoms with Crippen molar-refractivity contribution in [1.82, 2.24) is 0 Å². The van der Waals surface area contributed by atoms with Gasteiger partial charge in [-0.1, -0.05) is 19.9 Å². The Morgan fingerprint density at radius 2 is 2.18 bits per heavy atom. The van der Waals surface area contributed by atoms with Crippen molar-refractivity contribution >= 4 is 11.4 Å². The summed E-state index contributed by atoms with van der Waals surface area (Å²) in [6, 6.07) is 6.71. The normalized spacial score (nSPS) is 22.1. The molecule has 1 aromatic rings. The molecular formula is C15H22N2. The molecule has 0 aliphatic carbocycles. The minimum Gasteiger partial charge on any atom is -0.385 e. The van der Waals surface area contributed by atoms with Crippen LogP contribution in [0.5, 0.6) is 0 Å². The second kappa shape index (κ2) is 3.94. The first-order valence-corrected chi connectivity index (χ1v) is 6.76. The predicted molar refractivity (Wildman–Crippen MR) is 73.9 cm³/mol. The van der Waals surface area contributed by atoms with Crippen LogP contribution in [0.15, 0.2) is 18.2 Å². The maximum atomic E-state index is 3.52. The van der Waals surface area contributed by atoms with Crippen molar-refractivity contribution in [2.75, 3.05) is 29.9 Å². The smallest absolute Gasteiger partial charge is 0.0419 e. The van der Waals surface area contributed by atoms with E-state index < -0.39 is 0 Å². The molecule has 1 N–H and O–H groups in total. The number of benzene rings is 1. The Kier molecular flexibility index (Phi) is 2.53. The molecule has 0 saturated carbocycles. The quantitative estimate of drug-likeness (QED) is 0.796. The first-order valence-electron chi connectivity index (χ1n) is 6.76. The van der Waals surface area contributed by atoms with E-state index in [4.69, 9.17) is 0 Å². The number of hydrogen-bond acceptors (Lipinski definition) is 2. The largest absolute Gasteiger partial charge is 0.385 e. The van der Waals surface area contributed by atoms with E-state index in [1.807, 2.05) is 0 Å². The van der Waals surface area contributed by atoms with Crippen LogP contribution in [0.1, 0.15) is 32.3 Å². The highest BCUT2D eigenvalue weighted by Gasteiger charge is 2.30. The molecule has 0 spiro atoms. The molecule has 2 nitrogen and oxygen atoms in total. The minimum atomic E-state index is 0.477. The fourth-order valence-corrected chi connectivity index (χ4v) is 3.11. The van der Waals surface area contributed by atoms with Crippen LogP contribution in [0.2, 0.25) is 0 Å². The van der Waals surface area contributed by atoms with Gasteiger partial charge in [0.2, 0.25) is 0 Å². The number of anilines is 2. The third-order valence-electron chi connectivity index (χ3n) is 4.09. The Bertz CT molecular complexity index is 423. The molecule has 1 saturated heterocycles. The highest BCUT2D eigenvalue weighted by Crippen LogP contribution is 2.37. The average molecular weight is 230 g/mol. The molecule has 0 unspecified atom stereocenters. The summed E-state index contributed by atoms with van der Waals surface area (Å²) in [5.41, 5.74) is 4.85. The van der Waals surface area contributed by atoms with E-state index in [2.05, 4.69) is 42.3 Å². The third-order valence-corrected chi connectivity index (χ3v) is 4.09. The first kappa shape index (κ1) is 10.9. The van der Waals surface area contributed by atoms with Crippen molar-refractivity contribution in [3.05, 3.63) is 23.8 Å². The van der Waals surface area contributed by atoms with Crippen LogP contribution in [0.3, 0.4) is 0 Å². The molecule has 1 aromatic carbocycles. The number of nitrogens with zero attached hydrogens (tertiary/aromatic N) is 1. The lowest BCUT2D eigenvalue weighted by Crippen LogP contribution is -2.25. The number of fused-ring (bicyclic) bond motifs is 1. The first-order chi connectivity index (χ1) is 8.16. The van der Waals surface area contributed by atoms with Gasteiger partial charge in [-0.3, -0.25) is 0 Å². The summed E-state index contributed by atoms with van der Waals surface area (Å²) in [6.07, 6.45) is 3.81. The molecule has 1 fully saturated rings. The molecule has 2 aliphatic heterocycles. The summed E-state index contributed by atoms with van der Waals surface area (Å²) in [7, 11) is 0. The van der Waals surface area contributed by atoms with Gasteiger partial charge in [0.1, 0.15) is 0 Å². The molecule has 2 heterocycles. The van der Waals surface area contributed by atoms with Gasteiger partial charge in [-0.2, -0.15) is 0 Å². The van der Waals surface area contributed by atoms with Crippen LogP contribution < -0.4 is 10.2 Å². The summed E-state index contributed by atoms with van der Waals surface area (Å²) < 4.78 is 0. The van der Waals surface area contributed by atoms with Gasteiger partial charge in [-0.15, -0.1) is 0 Å². The van der Waals surface area contributed by atoms with Gasteiger partial charge in [-0.05, 0) is 42.4 Å². The highest BCUT2D eigenvalue weighted by molar-refractivity contribution is 5.68. The van der Waals surface area contributed by atoms with Gasteiger partial charge in [-0.25, -0.2) is 0 Å². The molecule has 92 valence electrons. The number of nitrogens with one attached hydrogen (secondary N) is 1. The van der Waals surface area contributed by atoms with Gasteiger partial charge in [0.15, 0.2) is 0 Å². The maximum Gasteiger partial charge on any atom is 0.0419 e. The summed E-state index contributed by atoms with van der Waals surface area (Å²) >= 11 is 0. The van der Waals surface area contributed by atoms with Crippen molar-refractivity contribution in [2.45, 2.75) is 33.1 Å². The lowest BCUT2D eigenvalue weighted by atomic mass is 9.93. The van der Waals surface area contributed by atoms with Gasteiger partial charge >= 0.3 is 0 Å². The molecule has 0 bridgehead atoms. The number of hydrogen-bond donors (Lipinski definition) is 1. The average Bonchev–Trinajstić information content (AvgIpc) is 2.69. The SMILES string of the molecule is CC1(C)CCN(c2cccc3c2CCCN3)C1. The zero-order chi connectivity index (χ0) is 11.9. The van der Waals surface area contributed by atoms with Crippen molar-refractivity contribution in [1.29, 1.82) is 0 Å². The lowest BCUT2D eigenvalue weighted by Gasteiger charge is -2.28. The molecule has 2 heteroatoms. The Hall–Kier alpha value is -1.18. The Balaban J connectivity index is 1.93. The molecule has 0 atom stereocenters. The molecule has 0 aromatic heterocycles. The maximum absolute atomic E-state index is 3.52. The Labute approximate surface area is 104 Å². The topological polar surface area (TPSA) is 15.3 Å². The minimum absolute atomic E-state index is 0.477. The molecule has 17 heavy (non-hydrogen) atoms. The molecule has 0 amide bonds. The molecule has 0 radical (unpaired) electrons. The van der Waals surface area contributed by atoms with Crippen LogP contribution in [-0.4, -0.2) is 19.6 Å². The summed E-state index contributed by atoms with van der Waals surface area (Å²) in [4.78, 5) is 2.58. The van der Waals surface area contributed by atoms with Crippen molar-refractivity contribution in [3.8, 4) is 0 Å². The zero-order valence-electron chi connectivity index (χ0n) is 10.9. The van der Waals surface area contributed by atoms with Crippen molar-refractivity contribution in [3.63, 3.8) is 0 Å². The number of rotatable bonds is 1. The van der Waals surface area contributed by atoms with E-state index in [0.29, 0.717) is 5.41 Å². The van der Waals surface area contributed by atoms with Crippen LogP contribution in [0.25, 0.3) is 0 Å². The highest BCUT2D eigenvalue weighted by atomic mass is 15.2. The third kappa shape index (κ3) is 2.01. The zero-order valence-corrected chi connectivity index (χ0v) is 10.9. The van der Waals surface area contributed by atoms with E-state index in [0.717, 1.165) is 6.54 Å². The Morgan fingerprint density at radius 3 is 2.94 bits per heavy atom. The fourth-order valence-electron chi connectivity index (χ4n) is 3.11. The van der Waals surface area contributed by atoms with Crippen molar-refractivity contribution < 1.29 is 0 Å². The molecule has 2 aliphatic rings. The second-order valence-electron chi connectivity index (χ2n) is 6.17. The summed E-state index contributed by atoms with van der Waals surface area (Å²) in [6.45, 7) is 8.29. The van der Waals surface area contributed by atoms with Gasteiger partial charge in [0.25, 0.3) is 0 Å². The van der Waals surface area contributed by atoms with E-state index >= 15 is 0 Å². The standard InChI is InChI=1S/C15H22N2/c1-15(2)8-10-17(11-15)14-7-3-6-13-12(14)5-4-9-16-13/h3,6-7,16H,4-5,8-11H2,1-2H3.